The smallest absolute Gasteiger partial charge is 0.179 e. The van der Waals surface area contributed by atoms with Gasteiger partial charge in [0.1, 0.15) is 0 Å². The Morgan fingerprint density at radius 2 is 2.31 bits per heavy atom. The number of carbonyl (C=O) groups is 1. The van der Waals surface area contributed by atoms with Crippen LogP contribution in [-0.2, 0) is 0 Å². The highest BCUT2D eigenvalue weighted by atomic mass is 16.1. The Bertz CT molecular complexity index is 530. The Hall–Kier alpha value is -1.75. The summed E-state index contributed by atoms with van der Waals surface area (Å²) in [6.07, 6.45) is 3.21. The van der Waals surface area contributed by atoms with E-state index < -0.39 is 0 Å². The lowest BCUT2D eigenvalue weighted by atomic mass is 10.1. The Morgan fingerprint density at radius 1 is 1.56 bits per heavy atom. The van der Waals surface area contributed by atoms with Crippen molar-refractivity contribution >= 4 is 11.4 Å². The fourth-order valence-corrected chi connectivity index (χ4v) is 1.44. The highest BCUT2D eigenvalue weighted by molar-refractivity contribution is 5.97. The summed E-state index contributed by atoms with van der Waals surface area (Å²) < 4.78 is 1.62. The minimum atomic E-state index is -0.129. The maximum Gasteiger partial charge on any atom is 0.179 e. The van der Waals surface area contributed by atoms with Crippen molar-refractivity contribution in [3.8, 4) is 0 Å². The summed E-state index contributed by atoms with van der Waals surface area (Å²) in [6, 6.07) is 1.92. The third-order valence-corrected chi connectivity index (χ3v) is 2.43. The fraction of sp³-hybridized carbons (Fsp3) is 0.364. The molecule has 2 rings (SSSR count). The lowest BCUT2D eigenvalue weighted by Crippen LogP contribution is -2.14. The summed E-state index contributed by atoms with van der Waals surface area (Å²) in [6.45, 7) is 4.12. The van der Waals surface area contributed by atoms with E-state index in [1.807, 2.05) is 6.07 Å². The van der Waals surface area contributed by atoms with E-state index in [0.717, 1.165) is 11.3 Å². The topological polar surface area (TPSA) is 73.3 Å². The molecule has 2 N–H and O–H groups in total. The van der Waals surface area contributed by atoms with E-state index >= 15 is 0 Å². The van der Waals surface area contributed by atoms with Crippen molar-refractivity contribution in [2.75, 3.05) is 6.54 Å². The van der Waals surface area contributed by atoms with Gasteiger partial charge in [-0.1, -0.05) is 13.8 Å². The molecule has 0 amide bonds. The molecule has 84 valence electrons. The number of nitrogens with two attached hydrogens (primary N) is 1. The van der Waals surface area contributed by atoms with E-state index in [1.54, 1.807) is 10.7 Å². The number of aromatic nitrogens is 3. The van der Waals surface area contributed by atoms with E-state index in [4.69, 9.17) is 5.73 Å². The molecule has 0 aromatic carbocycles. The first-order valence-corrected chi connectivity index (χ1v) is 5.20. The largest absolute Gasteiger partial charge is 0.324 e. The molecule has 0 bridgehead atoms. The van der Waals surface area contributed by atoms with Gasteiger partial charge in [0.15, 0.2) is 11.4 Å². The van der Waals surface area contributed by atoms with Gasteiger partial charge in [-0.25, -0.2) is 9.50 Å². The molecule has 0 radical (unpaired) electrons. The molecular formula is C11H14N4O. The molecular weight excluding hydrogens is 204 g/mol. The second-order valence-electron chi connectivity index (χ2n) is 4.00. The van der Waals surface area contributed by atoms with Crippen LogP contribution < -0.4 is 5.73 Å². The fourth-order valence-electron chi connectivity index (χ4n) is 1.44. The Balaban J connectivity index is 2.49. The molecule has 2 aromatic rings. The van der Waals surface area contributed by atoms with E-state index in [9.17, 15) is 4.79 Å². The molecule has 0 aliphatic heterocycles. The standard InChI is InChI=1S/C11H14N4O/c1-7(2)9-3-11-13-5-8(10(16)4-12)6-15(11)14-9/h3,5-7H,4,12H2,1-2H3. The minimum absolute atomic E-state index is 0.00844. The molecule has 5 heteroatoms. The van der Waals surface area contributed by atoms with E-state index in [1.165, 1.54) is 6.20 Å². The molecule has 16 heavy (non-hydrogen) atoms. The average Bonchev–Trinajstić information content (AvgIpc) is 2.70. The predicted octanol–water partition coefficient (Wildman–Crippen LogP) is 0.994. The van der Waals surface area contributed by atoms with Crippen molar-refractivity contribution in [3.05, 3.63) is 29.7 Å². The van der Waals surface area contributed by atoms with Crippen molar-refractivity contribution < 1.29 is 4.79 Å². The number of ketones is 1. The van der Waals surface area contributed by atoms with Gasteiger partial charge in [0, 0.05) is 18.5 Å². The number of Topliss-reactive ketones (excluding diaryl/α,β-unsaturated/α-hetero) is 1. The van der Waals surface area contributed by atoms with Gasteiger partial charge in [-0.3, -0.25) is 4.79 Å². The second kappa shape index (κ2) is 4.02. The quantitative estimate of drug-likeness (QED) is 0.780. The van der Waals surface area contributed by atoms with Crippen molar-refractivity contribution in [2.24, 2.45) is 5.73 Å². The van der Waals surface area contributed by atoms with E-state index in [-0.39, 0.29) is 12.3 Å². The zero-order chi connectivity index (χ0) is 11.7. The van der Waals surface area contributed by atoms with Crippen molar-refractivity contribution in [1.29, 1.82) is 0 Å². The summed E-state index contributed by atoms with van der Waals surface area (Å²) in [5.41, 5.74) is 7.50. The van der Waals surface area contributed by atoms with Gasteiger partial charge in [0.25, 0.3) is 0 Å². The van der Waals surface area contributed by atoms with Crippen LogP contribution >= 0.6 is 0 Å². The third kappa shape index (κ3) is 1.81. The van der Waals surface area contributed by atoms with E-state index in [0.29, 0.717) is 11.5 Å². The van der Waals surface area contributed by atoms with Crippen LogP contribution in [0.4, 0.5) is 0 Å². The number of fused-ring (bicyclic) bond motifs is 1. The number of hydrogen-bond acceptors (Lipinski definition) is 4. The van der Waals surface area contributed by atoms with Crippen LogP contribution in [0.1, 0.15) is 35.8 Å². The molecule has 0 fully saturated rings. The first-order valence-electron chi connectivity index (χ1n) is 5.20. The molecule has 5 nitrogen and oxygen atoms in total. The van der Waals surface area contributed by atoms with Crippen LogP contribution in [0.3, 0.4) is 0 Å². The molecule has 2 aromatic heterocycles. The Labute approximate surface area is 93.3 Å². The van der Waals surface area contributed by atoms with Crippen molar-refractivity contribution in [2.45, 2.75) is 19.8 Å². The lowest BCUT2D eigenvalue weighted by Gasteiger charge is -1.98. The van der Waals surface area contributed by atoms with Gasteiger partial charge in [0.05, 0.1) is 17.8 Å². The second-order valence-corrected chi connectivity index (χ2v) is 4.00. The summed E-state index contributed by atoms with van der Waals surface area (Å²) in [5, 5.41) is 4.35. The maximum atomic E-state index is 11.4. The van der Waals surface area contributed by atoms with Crippen LogP contribution in [0, 0.1) is 0 Å². The highest BCUT2D eigenvalue weighted by Crippen LogP contribution is 2.14. The van der Waals surface area contributed by atoms with Crippen molar-refractivity contribution in [3.63, 3.8) is 0 Å². The number of rotatable bonds is 3. The Kier molecular flexibility index (Phi) is 2.70. The zero-order valence-corrected chi connectivity index (χ0v) is 9.34. The first-order chi connectivity index (χ1) is 7.61. The number of carbonyl (C=O) groups excluding carboxylic acids is 1. The van der Waals surface area contributed by atoms with Crippen molar-refractivity contribution in [1.82, 2.24) is 14.6 Å². The van der Waals surface area contributed by atoms with Gasteiger partial charge >= 0.3 is 0 Å². The molecule has 0 aliphatic rings. The molecule has 0 unspecified atom stereocenters. The summed E-state index contributed by atoms with van der Waals surface area (Å²) in [5.74, 6) is 0.214. The summed E-state index contributed by atoms with van der Waals surface area (Å²) in [7, 11) is 0. The Morgan fingerprint density at radius 3 is 2.94 bits per heavy atom. The third-order valence-electron chi connectivity index (χ3n) is 2.43. The number of nitrogens with zero attached hydrogens (tertiary/aromatic N) is 3. The van der Waals surface area contributed by atoms with Gasteiger partial charge in [-0.05, 0) is 5.92 Å². The average molecular weight is 218 g/mol. The zero-order valence-electron chi connectivity index (χ0n) is 9.34. The van der Waals surface area contributed by atoms with Crippen LogP contribution in [0.5, 0.6) is 0 Å². The molecule has 0 aliphatic carbocycles. The normalized spacial score (nSPS) is 11.2. The molecule has 0 saturated heterocycles. The summed E-state index contributed by atoms with van der Waals surface area (Å²) in [4.78, 5) is 15.6. The molecule has 0 saturated carbocycles. The van der Waals surface area contributed by atoms with Crippen LogP contribution in [-0.4, -0.2) is 26.9 Å². The predicted molar refractivity (Wildman–Crippen MR) is 60.5 cm³/mol. The first kappa shape index (κ1) is 10.8. The van der Waals surface area contributed by atoms with Gasteiger partial charge < -0.3 is 5.73 Å². The van der Waals surface area contributed by atoms with Crippen LogP contribution in [0.2, 0.25) is 0 Å². The monoisotopic (exact) mass is 218 g/mol. The minimum Gasteiger partial charge on any atom is -0.324 e. The summed E-state index contributed by atoms with van der Waals surface area (Å²) >= 11 is 0. The maximum absolute atomic E-state index is 11.4. The molecule has 2 heterocycles. The van der Waals surface area contributed by atoms with E-state index in [2.05, 4.69) is 23.9 Å². The molecule has 0 spiro atoms. The SMILES string of the molecule is CC(C)c1cc2ncc(C(=O)CN)cn2n1. The van der Waals surface area contributed by atoms with Crippen LogP contribution in [0.25, 0.3) is 5.65 Å². The lowest BCUT2D eigenvalue weighted by molar-refractivity contribution is 0.100. The highest BCUT2D eigenvalue weighted by Gasteiger charge is 2.09. The molecule has 0 atom stereocenters. The van der Waals surface area contributed by atoms with Gasteiger partial charge in [0.2, 0.25) is 0 Å². The van der Waals surface area contributed by atoms with Gasteiger partial charge in [-0.2, -0.15) is 5.10 Å². The number of hydrogen-bond donors (Lipinski definition) is 1. The van der Waals surface area contributed by atoms with Gasteiger partial charge in [-0.15, -0.1) is 0 Å². The van der Waals surface area contributed by atoms with Crippen LogP contribution in [0.15, 0.2) is 18.5 Å².